The van der Waals surface area contributed by atoms with Crippen molar-refractivity contribution < 1.29 is 9.84 Å². The zero-order chi connectivity index (χ0) is 11.8. The molecule has 0 aliphatic heterocycles. The van der Waals surface area contributed by atoms with Gasteiger partial charge in [0.25, 0.3) is 0 Å². The Morgan fingerprint density at radius 3 is 2.88 bits per heavy atom. The fourth-order valence-corrected chi connectivity index (χ4v) is 1.71. The van der Waals surface area contributed by atoms with Crippen molar-refractivity contribution in [1.82, 2.24) is 0 Å². The smallest absolute Gasteiger partial charge is 0.124 e. The maximum absolute atomic E-state index is 9.14. The van der Waals surface area contributed by atoms with E-state index in [1.165, 1.54) is 0 Å². The Morgan fingerprint density at radius 2 is 2.19 bits per heavy atom. The van der Waals surface area contributed by atoms with Gasteiger partial charge in [-0.3, -0.25) is 0 Å². The zero-order valence-electron chi connectivity index (χ0n) is 8.95. The van der Waals surface area contributed by atoms with Gasteiger partial charge in [0.2, 0.25) is 0 Å². The highest BCUT2D eigenvalue weighted by Crippen LogP contribution is 2.23. The standard InChI is InChI=1S/C12H14BrNO2/c13-11-4-5-12(10(8-11)9-15)16-7-3-1-2-6-14/h4-5,8,15H,1-3,7,9H2. The van der Waals surface area contributed by atoms with Crippen LogP contribution in [0.15, 0.2) is 22.7 Å². The van der Waals surface area contributed by atoms with Gasteiger partial charge in [0.15, 0.2) is 0 Å². The Bertz CT molecular complexity index is 374. The molecule has 0 atom stereocenters. The predicted octanol–water partition coefficient (Wildman–Crippen LogP) is 3.01. The van der Waals surface area contributed by atoms with Crippen LogP contribution in [0.3, 0.4) is 0 Å². The van der Waals surface area contributed by atoms with E-state index in [9.17, 15) is 0 Å². The summed E-state index contributed by atoms with van der Waals surface area (Å²) >= 11 is 3.34. The largest absolute Gasteiger partial charge is 0.493 e. The van der Waals surface area contributed by atoms with E-state index in [1.807, 2.05) is 18.2 Å². The van der Waals surface area contributed by atoms with Gasteiger partial charge in [-0.1, -0.05) is 15.9 Å². The minimum Gasteiger partial charge on any atom is -0.493 e. The highest BCUT2D eigenvalue weighted by Gasteiger charge is 2.03. The number of nitrogens with zero attached hydrogens (tertiary/aromatic N) is 1. The fourth-order valence-electron chi connectivity index (χ4n) is 1.30. The second-order valence-corrected chi connectivity index (χ2v) is 4.29. The summed E-state index contributed by atoms with van der Waals surface area (Å²) in [6, 6.07) is 7.64. The molecule has 16 heavy (non-hydrogen) atoms. The van der Waals surface area contributed by atoms with Gasteiger partial charge < -0.3 is 9.84 Å². The Kier molecular flexibility index (Phi) is 5.91. The van der Waals surface area contributed by atoms with Crippen LogP contribution in [-0.4, -0.2) is 11.7 Å². The maximum atomic E-state index is 9.14. The van der Waals surface area contributed by atoms with Gasteiger partial charge in [-0.15, -0.1) is 0 Å². The molecule has 0 spiro atoms. The number of unbranched alkanes of at least 4 members (excludes halogenated alkanes) is 2. The molecule has 4 heteroatoms. The monoisotopic (exact) mass is 283 g/mol. The van der Waals surface area contributed by atoms with E-state index in [0.717, 1.165) is 22.9 Å². The first kappa shape index (κ1) is 13.0. The molecule has 86 valence electrons. The van der Waals surface area contributed by atoms with Crippen LogP contribution in [0.25, 0.3) is 0 Å². The van der Waals surface area contributed by atoms with Crippen LogP contribution in [0, 0.1) is 11.3 Å². The molecule has 0 bridgehead atoms. The van der Waals surface area contributed by atoms with E-state index in [1.54, 1.807) is 0 Å². The molecule has 0 radical (unpaired) electrons. The molecule has 1 N–H and O–H groups in total. The Balaban J connectivity index is 2.44. The third kappa shape index (κ3) is 4.21. The molecule has 3 nitrogen and oxygen atoms in total. The van der Waals surface area contributed by atoms with E-state index in [-0.39, 0.29) is 6.61 Å². The third-order valence-electron chi connectivity index (χ3n) is 2.13. The van der Waals surface area contributed by atoms with Crippen molar-refractivity contribution in [2.75, 3.05) is 6.61 Å². The Hall–Kier alpha value is -1.05. The summed E-state index contributed by atoms with van der Waals surface area (Å²) in [6.07, 6.45) is 2.27. The molecule has 0 saturated carbocycles. The quantitative estimate of drug-likeness (QED) is 0.817. The van der Waals surface area contributed by atoms with Gasteiger partial charge >= 0.3 is 0 Å². The van der Waals surface area contributed by atoms with Gasteiger partial charge in [0.05, 0.1) is 19.3 Å². The SMILES string of the molecule is N#CCCCCOc1ccc(Br)cc1CO. The molecule has 1 rings (SSSR count). The summed E-state index contributed by atoms with van der Waals surface area (Å²) in [5.41, 5.74) is 0.773. The predicted molar refractivity (Wildman–Crippen MR) is 65.0 cm³/mol. The topological polar surface area (TPSA) is 53.2 Å². The van der Waals surface area contributed by atoms with Gasteiger partial charge in [-0.05, 0) is 31.0 Å². The summed E-state index contributed by atoms with van der Waals surface area (Å²) in [4.78, 5) is 0. The van der Waals surface area contributed by atoms with Crippen LogP contribution < -0.4 is 4.74 Å². The Morgan fingerprint density at radius 1 is 1.38 bits per heavy atom. The minimum atomic E-state index is -0.0348. The number of halogens is 1. The van der Waals surface area contributed by atoms with E-state index < -0.39 is 0 Å². The van der Waals surface area contributed by atoms with Crippen molar-refractivity contribution in [2.45, 2.75) is 25.9 Å². The molecule has 1 aromatic carbocycles. The van der Waals surface area contributed by atoms with Crippen LogP contribution in [0.2, 0.25) is 0 Å². The van der Waals surface area contributed by atoms with Crippen molar-refractivity contribution in [2.24, 2.45) is 0 Å². The highest BCUT2D eigenvalue weighted by molar-refractivity contribution is 9.10. The molecule has 0 aliphatic rings. The highest BCUT2D eigenvalue weighted by atomic mass is 79.9. The molecule has 0 aromatic heterocycles. The van der Waals surface area contributed by atoms with Crippen LogP contribution in [0.1, 0.15) is 24.8 Å². The first-order valence-corrected chi connectivity index (χ1v) is 5.96. The van der Waals surface area contributed by atoms with Crippen LogP contribution in [0.4, 0.5) is 0 Å². The third-order valence-corrected chi connectivity index (χ3v) is 2.63. The lowest BCUT2D eigenvalue weighted by atomic mass is 10.2. The summed E-state index contributed by atoms with van der Waals surface area (Å²) in [5.74, 6) is 0.711. The molecule has 0 saturated heterocycles. The number of hydrogen-bond acceptors (Lipinski definition) is 3. The molecule has 0 aliphatic carbocycles. The van der Waals surface area contributed by atoms with Crippen molar-refractivity contribution in [1.29, 1.82) is 5.26 Å². The average Bonchev–Trinajstić information content (AvgIpc) is 2.30. The van der Waals surface area contributed by atoms with E-state index in [4.69, 9.17) is 15.1 Å². The van der Waals surface area contributed by atoms with Crippen LogP contribution >= 0.6 is 15.9 Å². The minimum absolute atomic E-state index is 0.0348. The molecular weight excluding hydrogens is 270 g/mol. The normalized spacial score (nSPS) is 9.81. The van der Waals surface area contributed by atoms with Crippen molar-refractivity contribution in [3.8, 4) is 11.8 Å². The summed E-state index contributed by atoms with van der Waals surface area (Å²) in [6.45, 7) is 0.545. The van der Waals surface area contributed by atoms with Crippen molar-refractivity contribution >= 4 is 15.9 Å². The van der Waals surface area contributed by atoms with Gasteiger partial charge in [0, 0.05) is 16.5 Å². The van der Waals surface area contributed by atoms with E-state index in [0.29, 0.717) is 18.8 Å². The first-order valence-electron chi connectivity index (χ1n) is 5.17. The molecule has 0 heterocycles. The summed E-state index contributed by atoms with van der Waals surface area (Å²) in [5, 5.41) is 17.5. The van der Waals surface area contributed by atoms with Gasteiger partial charge in [-0.2, -0.15) is 5.26 Å². The van der Waals surface area contributed by atoms with Crippen LogP contribution in [-0.2, 0) is 6.61 Å². The molecule has 0 fully saturated rings. The number of hydrogen-bond donors (Lipinski definition) is 1. The van der Waals surface area contributed by atoms with Crippen LogP contribution in [0.5, 0.6) is 5.75 Å². The second-order valence-electron chi connectivity index (χ2n) is 3.37. The van der Waals surface area contributed by atoms with E-state index >= 15 is 0 Å². The lowest BCUT2D eigenvalue weighted by molar-refractivity contribution is 0.260. The lowest BCUT2D eigenvalue weighted by Crippen LogP contribution is -2.00. The number of aliphatic hydroxyl groups is 1. The molecule has 0 amide bonds. The Labute approximate surface area is 104 Å². The van der Waals surface area contributed by atoms with Gasteiger partial charge in [0.1, 0.15) is 5.75 Å². The fraction of sp³-hybridized carbons (Fsp3) is 0.417. The van der Waals surface area contributed by atoms with Crippen molar-refractivity contribution in [3.63, 3.8) is 0 Å². The maximum Gasteiger partial charge on any atom is 0.124 e. The van der Waals surface area contributed by atoms with E-state index in [2.05, 4.69) is 22.0 Å². The number of benzene rings is 1. The average molecular weight is 284 g/mol. The zero-order valence-corrected chi connectivity index (χ0v) is 10.5. The van der Waals surface area contributed by atoms with Crippen molar-refractivity contribution in [3.05, 3.63) is 28.2 Å². The summed E-state index contributed by atoms with van der Waals surface area (Å²) in [7, 11) is 0. The number of aliphatic hydroxyl groups excluding tert-OH is 1. The number of rotatable bonds is 6. The first-order chi connectivity index (χ1) is 7.77. The van der Waals surface area contributed by atoms with Gasteiger partial charge in [-0.25, -0.2) is 0 Å². The lowest BCUT2D eigenvalue weighted by Gasteiger charge is -2.09. The summed E-state index contributed by atoms with van der Waals surface area (Å²) < 4.78 is 6.46. The molecular formula is C12H14BrNO2. The number of nitriles is 1. The second kappa shape index (κ2) is 7.26. The number of ether oxygens (including phenoxy) is 1. The molecule has 0 unspecified atom stereocenters. The molecule has 1 aromatic rings.